The molecule has 1 rings (SSSR count). The van der Waals surface area contributed by atoms with E-state index in [1.807, 2.05) is 24.5 Å². The lowest BCUT2D eigenvalue weighted by Gasteiger charge is -2.03. The van der Waals surface area contributed by atoms with Crippen LogP contribution in [0.2, 0.25) is 5.02 Å². The van der Waals surface area contributed by atoms with Gasteiger partial charge < -0.3 is 4.74 Å². The van der Waals surface area contributed by atoms with Gasteiger partial charge in [0.15, 0.2) is 0 Å². The van der Waals surface area contributed by atoms with Gasteiger partial charge in [0, 0.05) is 4.90 Å². The number of rotatable bonds is 2. The van der Waals surface area contributed by atoms with Crippen molar-refractivity contribution >= 4 is 23.4 Å². The predicted molar refractivity (Wildman–Crippen MR) is 49.8 cm³/mol. The molecule has 1 nitrogen and oxygen atoms in total. The fourth-order valence-corrected chi connectivity index (χ4v) is 1.54. The van der Waals surface area contributed by atoms with Crippen LogP contribution < -0.4 is 4.74 Å². The Labute approximate surface area is 75.7 Å². The molecule has 11 heavy (non-hydrogen) atoms. The van der Waals surface area contributed by atoms with Crippen LogP contribution in [0.1, 0.15) is 0 Å². The first-order chi connectivity index (χ1) is 5.27. The lowest BCUT2D eigenvalue weighted by Crippen LogP contribution is -1.83. The molecule has 0 aromatic heterocycles. The van der Waals surface area contributed by atoms with Crippen molar-refractivity contribution in [3.05, 3.63) is 23.2 Å². The summed E-state index contributed by atoms with van der Waals surface area (Å²) in [5.41, 5.74) is 0. The second kappa shape index (κ2) is 3.88. The molecule has 0 aliphatic heterocycles. The van der Waals surface area contributed by atoms with E-state index in [-0.39, 0.29) is 0 Å². The van der Waals surface area contributed by atoms with Crippen molar-refractivity contribution in [2.24, 2.45) is 0 Å². The molecule has 1 aromatic rings. The Kier molecular flexibility index (Phi) is 3.09. The highest BCUT2D eigenvalue weighted by atomic mass is 35.5. The van der Waals surface area contributed by atoms with E-state index in [1.54, 1.807) is 18.9 Å². The normalized spacial score (nSPS) is 9.73. The van der Waals surface area contributed by atoms with Crippen LogP contribution in [0.25, 0.3) is 0 Å². The zero-order valence-electron chi connectivity index (χ0n) is 6.43. The van der Waals surface area contributed by atoms with Crippen molar-refractivity contribution in [1.82, 2.24) is 0 Å². The van der Waals surface area contributed by atoms with Crippen LogP contribution in [0, 0.1) is 0 Å². The monoisotopic (exact) mass is 188 g/mol. The standard InChI is InChI=1S/C8H9ClOS/c1-10-8-4-3-6(11-2)5-7(8)9/h3-5H,1-2H3. The van der Waals surface area contributed by atoms with Crippen LogP contribution in [-0.4, -0.2) is 13.4 Å². The molecule has 0 aliphatic rings. The van der Waals surface area contributed by atoms with Crippen molar-refractivity contribution in [3.63, 3.8) is 0 Å². The Hall–Kier alpha value is -0.340. The number of hydrogen-bond donors (Lipinski definition) is 0. The Morgan fingerprint density at radius 2 is 2.18 bits per heavy atom. The van der Waals surface area contributed by atoms with Gasteiger partial charge in [-0.25, -0.2) is 0 Å². The Morgan fingerprint density at radius 3 is 2.64 bits per heavy atom. The molecule has 0 spiro atoms. The van der Waals surface area contributed by atoms with Gasteiger partial charge in [0.2, 0.25) is 0 Å². The maximum absolute atomic E-state index is 5.87. The number of methoxy groups -OCH3 is 1. The summed E-state index contributed by atoms with van der Waals surface area (Å²) in [7, 11) is 1.61. The van der Waals surface area contributed by atoms with E-state index in [2.05, 4.69) is 0 Å². The highest BCUT2D eigenvalue weighted by Gasteiger charge is 1.99. The largest absolute Gasteiger partial charge is 0.495 e. The first kappa shape index (κ1) is 8.75. The van der Waals surface area contributed by atoms with Crippen LogP contribution >= 0.6 is 23.4 Å². The quantitative estimate of drug-likeness (QED) is 0.660. The summed E-state index contributed by atoms with van der Waals surface area (Å²) < 4.78 is 5.00. The average molecular weight is 189 g/mol. The molecular weight excluding hydrogens is 180 g/mol. The zero-order chi connectivity index (χ0) is 8.27. The van der Waals surface area contributed by atoms with E-state index in [1.165, 1.54) is 0 Å². The third-order valence-corrected chi connectivity index (χ3v) is 2.38. The van der Waals surface area contributed by atoms with Crippen molar-refractivity contribution < 1.29 is 4.74 Å². The first-order valence-electron chi connectivity index (χ1n) is 3.15. The molecule has 0 aliphatic carbocycles. The van der Waals surface area contributed by atoms with Crippen molar-refractivity contribution in [2.75, 3.05) is 13.4 Å². The number of halogens is 1. The van der Waals surface area contributed by atoms with E-state index >= 15 is 0 Å². The molecule has 0 N–H and O–H groups in total. The van der Waals surface area contributed by atoms with Gasteiger partial charge in [0.05, 0.1) is 12.1 Å². The van der Waals surface area contributed by atoms with E-state index in [0.29, 0.717) is 5.02 Å². The Morgan fingerprint density at radius 1 is 1.45 bits per heavy atom. The minimum absolute atomic E-state index is 0.666. The van der Waals surface area contributed by atoms with Crippen LogP contribution in [-0.2, 0) is 0 Å². The third-order valence-electron chi connectivity index (χ3n) is 1.36. The molecule has 0 unspecified atom stereocenters. The maximum Gasteiger partial charge on any atom is 0.137 e. The van der Waals surface area contributed by atoms with Gasteiger partial charge in [-0.15, -0.1) is 11.8 Å². The van der Waals surface area contributed by atoms with E-state index in [4.69, 9.17) is 16.3 Å². The fourth-order valence-electron chi connectivity index (χ4n) is 0.774. The van der Waals surface area contributed by atoms with Crippen LogP contribution in [0.15, 0.2) is 23.1 Å². The molecule has 0 fully saturated rings. The summed E-state index contributed by atoms with van der Waals surface area (Å²) in [4.78, 5) is 1.15. The average Bonchev–Trinajstić information content (AvgIpc) is 2.04. The molecule has 0 atom stereocenters. The summed E-state index contributed by atoms with van der Waals surface area (Å²) in [6.45, 7) is 0. The van der Waals surface area contributed by atoms with Gasteiger partial charge in [-0.05, 0) is 24.5 Å². The molecule has 60 valence electrons. The van der Waals surface area contributed by atoms with Crippen molar-refractivity contribution in [2.45, 2.75) is 4.90 Å². The van der Waals surface area contributed by atoms with Gasteiger partial charge >= 0.3 is 0 Å². The molecule has 1 aromatic carbocycles. The summed E-state index contributed by atoms with van der Waals surface area (Å²) in [6.07, 6.45) is 2.01. The summed E-state index contributed by atoms with van der Waals surface area (Å²) in [5.74, 6) is 0.726. The minimum Gasteiger partial charge on any atom is -0.495 e. The molecular formula is C8H9ClOS. The maximum atomic E-state index is 5.87. The van der Waals surface area contributed by atoms with Gasteiger partial charge in [-0.1, -0.05) is 11.6 Å². The van der Waals surface area contributed by atoms with Gasteiger partial charge in [0.1, 0.15) is 5.75 Å². The second-order valence-electron chi connectivity index (χ2n) is 2.00. The topological polar surface area (TPSA) is 9.23 Å². The number of hydrogen-bond acceptors (Lipinski definition) is 2. The molecule has 3 heteroatoms. The molecule has 0 heterocycles. The van der Waals surface area contributed by atoms with Crippen LogP contribution in [0.3, 0.4) is 0 Å². The first-order valence-corrected chi connectivity index (χ1v) is 4.75. The number of benzene rings is 1. The Balaban J connectivity index is 2.99. The highest BCUT2D eigenvalue weighted by Crippen LogP contribution is 2.28. The zero-order valence-corrected chi connectivity index (χ0v) is 8.00. The molecule has 0 radical (unpaired) electrons. The molecule has 0 saturated carbocycles. The number of ether oxygens (including phenoxy) is 1. The van der Waals surface area contributed by atoms with Gasteiger partial charge in [0.25, 0.3) is 0 Å². The van der Waals surface area contributed by atoms with Gasteiger partial charge in [-0.2, -0.15) is 0 Å². The fraction of sp³-hybridized carbons (Fsp3) is 0.250. The third kappa shape index (κ3) is 2.04. The van der Waals surface area contributed by atoms with Crippen molar-refractivity contribution in [3.8, 4) is 5.75 Å². The molecule has 0 amide bonds. The smallest absolute Gasteiger partial charge is 0.137 e. The van der Waals surface area contributed by atoms with E-state index in [0.717, 1.165) is 10.6 Å². The van der Waals surface area contributed by atoms with E-state index < -0.39 is 0 Å². The lowest BCUT2D eigenvalue weighted by atomic mass is 10.3. The number of thioether (sulfide) groups is 1. The van der Waals surface area contributed by atoms with Gasteiger partial charge in [-0.3, -0.25) is 0 Å². The van der Waals surface area contributed by atoms with Crippen molar-refractivity contribution in [1.29, 1.82) is 0 Å². The SMILES string of the molecule is COc1ccc(SC)cc1Cl. The molecule has 0 saturated heterocycles. The summed E-state index contributed by atoms with van der Waals surface area (Å²) >= 11 is 7.53. The molecule has 0 bridgehead atoms. The van der Waals surface area contributed by atoms with E-state index in [9.17, 15) is 0 Å². The van der Waals surface area contributed by atoms with Crippen LogP contribution in [0.5, 0.6) is 5.75 Å². The van der Waals surface area contributed by atoms with Crippen LogP contribution in [0.4, 0.5) is 0 Å². The predicted octanol–water partition coefficient (Wildman–Crippen LogP) is 3.07. The summed E-state index contributed by atoms with van der Waals surface area (Å²) in [6, 6.07) is 5.74. The Bertz CT molecular complexity index is 250. The lowest BCUT2D eigenvalue weighted by molar-refractivity contribution is 0.414. The summed E-state index contributed by atoms with van der Waals surface area (Å²) in [5, 5.41) is 0.666. The highest BCUT2D eigenvalue weighted by molar-refractivity contribution is 7.98. The second-order valence-corrected chi connectivity index (χ2v) is 3.29. The minimum atomic E-state index is 0.666.